The maximum absolute atomic E-state index is 14.2. The van der Waals surface area contributed by atoms with Crippen molar-refractivity contribution in [3.63, 3.8) is 0 Å². The summed E-state index contributed by atoms with van der Waals surface area (Å²) in [6, 6.07) is 10.8. The van der Waals surface area contributed by atoms with Crippen molar-refractivity contribution < 1.29 is 32.2 Å². The second kappa shape index (κ2) is 13.4. The largest absolute Gasteiger partial charge is 0.490 e. The minimum Gasteiger partial charge on any atom is -0.475 e. The molecule has 2 aromatic heterocycles. The maximum atomic E-state index is 14.2. The van der Waals surface area contributed by atoms with Crippen molar-refractivity contribution in [3.8, 4) is 0 Å². The molecule has 0 bridgehead atoms. The molecule has 42 heavy (non-hydrogen) atoms. The summed E-state index contributed by atoms with van der Waals surface area (Å²) in [4.78, 5) is 29.6. The summed E-state index contributed by atoms with van der Waals surface area (Å²) in [7, 11) is 1.66. The maximum Gasteiger partial charge on any atom is 0.490 e. The Balaban J connectivity index is 0.000000517. The van der Waals surface area contributed by atoms with Crippen molar-refractivity contribution >= 4 is 34.6 Å². The molecule has 0 radical (unpaired) electrons. The number of aromatic nitrogens is 5. The molecule has 1 aliphatic heterocycles. The van der Waals surface area contributed by atoms with Crippen LogP contribution in [0.15, 0.2) is 42.6 Å². The average Bonchev–Trinajstić information content (AvgIpc) is 3.17. The Bertz CT molecular complexity index is 1530. The van der Waals surface area contributed by atoms with E-state index in [0.29, 0.717) is 42.9 Å². The molecular weight excluding hydrogens is 560 g/mol. The number of halogens is 4. The predicted molar refractivity (Wildman–Crippen MR) is 148 cm³/mol. The van der Waals surface area contributed by atoms with Crippen LogP contribution in [-0.4, -0.2) is 75.1 Å². The van der Waals surface area contributed by atoms with E-state index in [0.717, 1.165) is 48.5 Å². The fraction of sp³-hybridized carbons (Fsp3) is 0.370. The lowest BCUT2D eigenvalue weighted by atomic mass is 10.0. The molecular formula is C27H30F4N8O3. The number of imidazole rings is 1. The number of nitrogens with zero attached hydrogens (tertiary/aromatic N) is 6. The molecule has 0 saturated carbocycles. The van der Waals surface area contributed by atoms with Crippen LogP contribution in [0.25, 0.3) is 10.8 Å². The number of hydrogen-bond donors (Lipinski definition) is 3. The van der Waals surface area contributed by atoms with Gasteiger partial charge in [0.2, 0.25) is 17.8 Å². The Morgan fingerprint density at radius 1 is 1.02 bits per heavy atom. The lowest BCUT2D eigenvalue weighted by Gasteiger charge is -2.21. The molecule has 0 aliphatic carbocycles. The quantitative estimate of drug-likeness (QED) is 0.204. The van der Waals surface area contributed by atoms with Crippen LogP contribution >= 0.6 is 0 Å². The van der Waals surface area contributed by atoms with Gasteiger partial charge in [-0.25, -0.2) is 14.2 Å². The van der Waals surface area contributed by atoms with Crippen LogP contribution in [0.3, 0.4) is 0 Å². The number of carboxylic acid groups (broad SMARTS) is 1. The van der Waals surface area contributed by atoms with Gasteiger partial charge in [0.15, 0.2) is 0 Å². The van der Waals surface area contributed by atoms with Gasteiger partial charge in [-0.1, -0.05) is 30.3 Å². The summed E-state index contributed by atoms with van der Waals surface area (Å²) in [5, 5.41) is 15.1. The number of aryl methyl sites for hydroxylation is 1. The second-order valence-corrected chi connectivity index (χ2v) is 9.32. The van der Waals surface area contributed by atoms with Crippen LogP contribution in [0.1, 0.15) is 17.1 Å². The Labute approximate surface area is 238 Å². The SMILES string of the molecule is COCCNc1nc(NCc2ccc(F)c3ccccc23)nc(N2CCc3ncc(C)n3CC2)n1.O=C(O)C(F)(F)F. The Morgan fingerprint density at radius 2 is 1.71 bits per heavy atom. The number of benzene rings is 2. The predicted octanol–water partition coefficient (Wildman–Crippen LogP) is 4.04. The zero-order valence-corrected chi connectivity index (χ0v) is 23.0. The van der Waals surface area contributed by atoms with E-state index in [9.17, 15) is 17.6 Å². The fourth-order valence-corrected chi connectivity index (χ4v) is 4.37. The van der Waals surface area contributed by atoms with E-state index in [2.05, 4.69) is 42.0 Å². The van der Waals surface area contributed by atoms with E-state index in [1.165, 1.54) is 6.07 Å². The van der Waals surface area contributed by atoms with Crippen LogP contribution in [0.4, 0.5) is 35.4 Å². The van der Waals surface area contributed by atoms with Crippen LogP contribution in [0, 0.1) is 12.7 Å². The summed E-state index contributed by atoms with van der Waals surface area (Å²) in [6.07, 6.45) is -2.34. The molecule has 0 amide bonds. The molecule has 3 N–H and O–H groups in total. The minimum atomic E-state index is -5.08. The highest BCUT2D eigenvalue weighted by Crippen LogP contribution is 2.23. The number of aliphatic carboxylic acids is 1. The number of ether oxygens (including phenoxy) is 1. The van der Waals surface area contributed by atoms with Gasteiger partial charge in [-0.15, -0.1) is 0 Å². The number of fused-ring (bicyclic) bond motifs is 2. The van der Waals surface area contributed by atoms with Gasteiger partial charge < -0.3 is 29.9 Å². The molecule has 1 aliphatic rings. The van der Waals surface area contributed by atoms with E-state index in [4.69, 9.17) is 19.6 Å². The first kappa shape index (κ1) is 30.4. The Morgan fingerprint density at radius 3 is 2.40 bits per heavy atom. The number of anilines is 3. The number of alkyl halides is 3. The van der Waals surface area contributed by atoms with Crippen molar-refractivity contribution in [2.45, 2.75) is 32.6 Å². The smallest absolute Gasteiger partial charge is 0.475 e. The van der Waals surface area contributed by atoms with Gasteiger partial charge in [0.1, 0.15) is 11.6 Å². The summed E-state index contributed by atoms with van der Waals surface area (Å²) < 4.78 is 53.4. The molecule has 4 aromatic rings. The lowest BCUT2D eigenvalue weighted by Crippen LogP contribution is -2.29. The summed E-state index contributed by atoms with van der Waals surface area (Å²) >= 11 is 0. The molecule has 11 nitrogen and oxygen atoms in total. The third kappa shape index (κ3) is 7.60. The molecule has 0 fully saturated rings. The topological polar surface area (TPSA) is 130 Å². The van der Waals surface area contributed by atoms with Crippen LogP contribution < -0.4 is 15.5 Å². The molecule has 2 aromatic carbocycles. The van der Waals surface area contributed by atoms with Gasteiger partial charge in [0, 0.05) is 63.5 Å². The van der Waals surface area contributed by atoms with Gasteiger partial charge in [0.05, 0.1) is 6.61 Å². The van der Waals surface area contributed by atoms with Crippen LogP contribution in [0.5, 0.6) is 0 Å². The van der Waals surface area contributed by atoms with Crippen molar-refractivity contribution in [1.29, 1.82) is 0 Å². The Hall–Kier alpha value is -4.53. The zero-order chi connectivity index (χ0) is 30.3. The zero-order valence-electron chi connectivity index (χ0n) is 23.0. The number of carbonyl (C=O) groups is 1. The first-order valence-electron chi connectivity index (χ1n) is 13.0. The third-order valence-corrected chi connectivity index (χ3v) is 6.47. The number of nitrogens with one attached hydrogen (secondary N) is 2. The molecule has 5 rings (SSSR count). The van der Waals surface area contributed by atoms with Crippen molar-refractivity contribution in [1.82, 2.24) is 24.5 Å². The highest BCUT2D eigenvalue weighted by molar-refractivity contribution is 5.86. The molecule has 0 saturated heterocycles. The van der Waals surface area contributed by atoms with E-state index in [1.807, 2.05) is 24.4 Å². The van der Waals surface area contributed by atoms with Crippen LogP contribution in [0.2, 0.25) is 0 Å². The van der Waals surface area contributed by atoms with E-state index >= 15 is 0 Å². The average molecular weight is 591 g/mol. The van der Waals surface area contributed by atoms with E-state index in [-0.39, 0.29) is 5.82 Å². The summed E-state index contributed by atoms with van der Waals surface area (Å²) in [5.74, 6) is -0.354. The van der Waals surface area contributed by atoms with Gasteiger partial charge in [-0.2, -0.15) is 28.1 Å². The molecule has 0 spiro atoms. The van der Waals surface area contributed by atoms with Gasteiger partial charge in [-0.05, 0) is 23.9 Å². The monoisotopic (exact) mass is 590 g/mol. The molecule has 224 valence electrons. The first-order valence-corrected chi connectivity index (χ1v) is 13.0. The number of carboxylic acids is 1. The minimum absolute atomic E-state index is 0.229. The van der Waals surface area contributed by atoms with Crippen molar-refractivity contribution in [2.24, 2.45) is 0 Å². The highest BCUT2D eigenvalue weighted by atomic mass is 19.4. The van der Waals surface area contributed by atoms with E-state index < -0.39 is 12.1 Å². The first-order chi connectivity index (χ1) is 20.1. The standard InChI is InChI=1S/C25H29FN8O.C2HF3O2/c1-17-15-28-22-9-11-33(12-13-34(17)22)25-31-23(27-10-14-35-2)30-24(32-25)29-16-18-7-8-21(26)20-6-4-3-5-19(18)20;3-2(4,5)1(6)7/h3-8,15H,9-14,16H2,1-2H3,(H2,27,29,30,31,32);(H,6,7). The molecule has 0 atom stereocenters. The van der Waals surface area contributed by atoms with Gasteiger partial charge >= 0.3 is 12.1 Å². The molecule has 0 unspecified atom stereocenters. The van der Waals surface area contributed by atoms with Crippen molar-refractivity contribution in [2.75, 3.05) is 48.9 Å². The lowest BCUT2D eigenvalue weighted by molar-refractivity contribution is -0.192. The number of methoxy groups -OCH3 is 1. The number of hydrogen-bond acceptors (Lipinski definition) is 9. The van der Waals surface area contributed by atoms with E-state index in [1.54, 1.807) is 19.2 Å². The van der Waals surface area contributed by atoms with Crippen molar-refractivity contribution in [3.05, 3.63) is 65.5 Å². The third-order valence-electron chi connectivity index (χ3n) is 6.47. The van der Waals surface area contributed by atoms with Gasteiger partial charge in [0.25, 0.3) is 0 Å². The summed E-state index contributed by atoms with van der Waals surface area (Å²) in [5.41, 5.74) is 2.13. The normalized spacial score (nSPS) is 13.1. The fourth-order valence-electron chi connectivity index (χ4n) is 4.37. The second-order valence-electron chi connectivity index (χ2n) is 9.32. The van der Waals surface area contributed by atoms with Gasteiger partial charge in [-0.3, -0.25) is 0 Å². The molecule has 3 heterocycles. The molecule has 15 heteroatoms. The highest BCUT2D eigenvalue weighted by Gasteiger charge is 2.38. The summed E-state index contributed by atoms with van der Waals surface area (Å²) in [6.45, 7) is 6.01. The number of rotatable bonds is 8. The van der Waals surface area contributed by atoms with Crippen LogP contribution in [-0.2, 0) is 29.0 Å². The Kier molecular flexibility index (Phi) is 9.72.